The third kappa shape index (κ3) is 6.24. The molecule has 9 nitrogen and oxygen atoms in total. The van der Waals surface area contributed by atoms with E-state index in [0.717, 1.165) is 24.0 Å². The van der Waals surface area contributed by atoms with E-state index in [1.54, 1.807) is 54.4 Å². The van der Waals surface area contributed by atoms with Crippen LogP contribution in [0.2, 0.25) is 0 Å². The summed E-state index contributed by atoms with van der Waals surface area (Å²) >= 11 is 0. The van der Waals surface area contributed by atoms with E-state index >= 15 is 0 Å². The minimum Gasteiger partial charge on any atom is -0.508 e. The van der Waals surface area contributed by atoms with E-state index < -0.39 is 11.9 Å². The van der Waals surface area contributed by atoms with Crippen LogP contribution in [0.15, 0.2) is 54.7 Å². The van der Waals surface area contributed by atoms with Gasteiger partial charge in [0.25, 0.3) is 0 Å². The predicted molar refractivity (Wildman–Crippen MR) is 138 cm³/mol. The topological polar surface area (TPSA) is 118 Å². The quantitative estimate of drug-likeness (QED) is 0.340. The van der Waals surface area contributed by atoms with Crippen LogP contribution in [0.5, 0.6) is 17.2 Å². The molecule has 192 valence electrons. The zero-order chi connectivity index (χ0) is 26.5. The second kappa shape index (κ2) is 11.1. The molecule has 0 saturated heterocycles. The Morgan fingerprint density at radius 2 is 1.81 bits per heavy atom. The van der Waals surface area contributed by atoms with Crippen LogP contribution in [0, 0.1) is 19.8 Å². The fourth-order valence-corrected chi connectivity index (χ4v) is 3.94. The number of hydrogen-bond donors (Lipinski definition) is 2. The summed E-state index contributed by atoms with van der Waals surface area (Å²) < 4.78 is 10.9. The number of esters is 1. The number of aromatic nitrogens is 1. The molecule has 2 aromatic carbocycles. The smallest absolute Gasteiger partial charge is 0.397 e. The first kappa shape index (κ1) is 25.7. The van der Waals surface area contributed by atoms with Gasteiger partial charge in [0.15, 0.2) is 0 Å². The van der Waals surface area contributed by atoms with Crippen molar-refractivity contribution in [1.29, 1.82) is 0 Å². The SMILES string of the molecule is CCOC(=O)C(=O)Nc1cc(C)c(Oc2ccc(O)c(CN(C(=O)C3CC3)c3ccccn3)c2)c(C)c1. The summed E-state index contributed by atoms with van der Waals surface area (Å²) in [6, 6.07) is 13.6. The van der Waals surface area contributed by atoms with Crippen molar-refractivity contribution in [3.05, 3.63) is 71.4 Å². The van der Waals surface area contributed by atoms with Crippen molar-refractivity contribution in [3.8, 4) is 17.2 Å². The van der Waals surface area contributed by atoms with E-state index in [-0.39, 0.29) is 30.7 Å². The number of nitrogens with zero attached hydrogens (tertiary/aromatic N) is 2. The van der Waals surface area contributed by atoms with Gasteiger partial charge in [0, 0.05) is 23.4 Å². The number of carbonyl (C=O) groups excluding carboxylic acids is 3. The molecular formula is C28H29N3O6. The van der Waals surface area contributed by atoms with Gasteiger partial charge < -0.3 is 19.9 Å². The van der Waals surface area contributed by atoms with Crippen LogP contribution < -0.4 is 15.0 Å². The second-order valence-electron chi connectivity index (χ2n) is 8.89. The number of nitrogens with one attached hydrogen (secondary N) is 1. The molecule has 2 N–H and O–H groups in total. The van der Waals surface area contributed by atoms with Gasteiger partial charge in [0.05, 0.1) is 13.2 Å². The van der Waals surface area contributed by atoms with Crippen LogP contribution in [0.4, 0.5) is 11.5 Å². The molecular weight excluding hydrogens is 474 g/mol. The predicted octanol–water partition coefficient (Wildman–Crippen LogP) is 4.64. The number of hydrogen-bond acceptors (Lipinski definition) is 7. The molecule has 37 heavy (non-hydrogen) atoms. The zero-order valence-corrected chi connectivity index (χ0v) is 21.0. The number of benzene rings is 2. The maximum atomic E-state index is 13.0. The molecule has 1 saturated carbocycles. The summed E-state index contributed by atoms with van der Waals surface area (Å²) in [7, 11) is 0. The number of pyridine rings is 1. The monoisotopic (exact) mass is 503 g/mol. The lowest BCUT2D eigenvalue weighted by Crippen LogP contribution is -2.32. The van der Waals surface area contributed by atoms with Crippen LogP contribution in [0.3, 0.4) is 0 Å². The highest BCUT2D eigenvalue weighted by molar-refractivity contribution is 6.37. The van der Waals surface area contributed by atoms with Gasteiger partial charge in [0.2, 0.25) is 5.91 Å². The summed E-state index contributed by atoms with van der Waals surface area (Å²) in [6.45, 7) is 5.52. The molecule has 1 aliphatic rings. The molecule has 3 aromatic rings. The van der Waals surface area contributed by atoms with E-state index in [4.69, 9.17) is 9.47 Å². The Hall–Kier alpha value is -4.40. The number of phenols is 1. The summed E-state index contributed by atoms with van der Waals surface area (Å²) in [5.74, 6) is -0.221. The summed E-state index contributed by atoms with van der Waals surface area (Å²) in [6.07, 6.45) is 3.34. The molecule has 4 rings (SSSR count). The minimum atomic E-state index is -0.949. The number of phenolic OH excluding ortho intramolecular Hbond substituents is 1. The van der Waals surface area contributed by atoms with Gasteiger partial charge in [-0.3, -0.25) is 14.5 Å². The minimum absolute atomic E-state index is 0.0169. The zero-order valence-electron chi connectivity index (χ0n) is 21.0. The van der Waals surface area contributed by atoms with Crippen LogP contribution in [0.1, 0.15) is 36.5 Å². The maximum Gasteiger partial charge on any atom is 0.397 e. The van der Waals surface area contributed by atoms with E-state index in [9.17, 15) is 19.5 Å². The molecule has 9 heteroatoms. The van der Waals surface area contributed by atoms with Crippen molar-refractivity contribution in [3.63, 3.8) is 0 Å². The van der Waals surface area contributed by atoms with Crippen molar-refractivity contribution in [1.82, 2.24) is 4.98 Å². The number of amides is 2. The lowest BCUT2D eigenvalue weighted by Gasteiger charge is -2.23. The number of anilines is 2. The molecule has 0 spiro atoms. The summed E-state index contributed by atoms with van der Waals surface area (Å²) in [5.41, 5.74) is 2.42. The Kier molecular flexibility index (Phi) is 7.71. The number of aryl methyl sites for hydroxylation is 2. The normalized spacial score (nSPS) is 12.5. The van der Waals surface area contributed by atoms with Gasteiger partial charge in [-0.1, -0.05) is 6.07 Å². The first-order valence-corrected chi connectivity index (χ1v) is 12.1. The maximum absolute atomic E-state index is 13.0. The first-order chi connectivity index (χ1) is 17.8. The lowest BCUT2D eigenvalue weighted by atomic mass is 10.1. The van der Waals surface area contributed by atoms with E-state index in [2.05, 4.69) is 10.3 Å². The van der Waals surface area contributed by atoms with Gasteiger partial charge in [-0.25, -0.2) is 9.78 Å². The fourth-order valence-electron chi connectivity index (χ4n) is 3.94. The Bertz CT molecular complexity index is 1300. The largest absolute Gasteiger partial charge is 0.508 e. The molecule has 0 unspecified atom stereocenters. The standard InChI is InChI=1S/C28H29N3O6/c1-4-36-28(35)26(33)30-21-13-17(2)25(18(3)14-21)37-22-10-11-23(32)20(15-22)16-31(27(34)19-8-9-19)24-7-5-6-12-29-24/h5-7,10-15,19,32H,4,8-9,16H2,1-3H3,(H,30,33). The Morgan fingerprint density at radius 3 is 2.43 bits per heavy atom. The van der Waals surface area contributed by atoms with Gasteiger partial charge in [0.1, 0.15) is 23.1 Å². The highest BCUT2D eigenvalue weighted by atomic mass is 16.5. The molecule has 2 amide bonds. The lowest BCUT2D eigenvalue weighted by molar-refractivity contribution is -0.152. The van der Waals surface area contributed by atoms with Crippen molar-refractivity contribution < 1.29 is 29.0 Å². The highest BCUT2D eigenvalue weighted by Crippen LogP contribution is 2.36. The third-order valence-corrected chi connectivity index (χ3v) is 5.90. The van der Waals surface area contributed by atoms with Crippen LogP contribution in [-0.2, 0) is 25.7 Å². The molecule has 1 aromatic heterocycles. The Morgan fingerprint density at radius 1 is 1.08 bits per heavy atom. The number of rotatable bonds is 8. The molecule has 0 aliphatic heterocycles. The summed E-state index contributed by atoms with van der Waals surface area (Å²) in [5, 5.41) is 13.1. The molecule has 1 fully saturated rings. The van der Waals surface area contributed by atoms with Crippen molar-refractivity contribution in [2.45, 2.75) is 40.2 Å². The highest BCUT2D eigenvalue weighted by Gasteiger charge is 2.35. The molecule has 0 radical (unpaired) electrons. The molecule has 0 atom stereocenters. The van der Waals surface area contributed by atoms with Crippen molar-refractivity contribution in [2.24, 2.45) is 5.92 Å². The average molecular weight is 504 g/mol. The number of aromatic hydroxyl groups is 1. The molecule has 0 bridgehead atoms. The van der Waals surface area contributed by atoms with Crippen molar-refractivity contribution in [2.75, 3.05) is 16.8 Å². The van der Waals surface area contributed by atoms with Crippen LogP contribution >= 0.6 is 0 Å². The van der Waals surface area contributed by atoms with Gasteiger partial charge >= 0.3 is 11.9 Å². The van der Waals surface area contributed by atoms with E-state index in [1.807, 2.05) is 19.9 Å². The summed E-state index contributed by atoms with van der Waals surface area (Å²) in [4.78, 5) is 42.5. The van der Waals surface area contributed by atoms with Gasteiger partial charge in [-0.05, 0) is 87.2 Å². The van der Waals surface area contributed by atoms with Crippen molar-refractivity contribution >= 4 is 29.3 Å². The van der Waals surface area contributed by atoms with E-state index in [0.29, 0.717) is 28.6 Å². The number of ether oxygens (including phenoxy) is 2. The Labute approximate surface area is 215 Å². The first-order valence-electron chi connectivity index (χ1n) is 12.1. The van der Waals surface area contributed by atoms with Crippen LogP contribution in [-0.4, -0.2) is 34.5 Å². The van der Waals surface area contributed by atoms with Gasteiger partial charge in [-0.2, -0.15) is 0 Å². The number of carbonyl (C=O) groups is 3. The second-order valence-corrected chi connectivity index (χ2v) is 8.89. The Balaban J connectivity index is 1.55. The van der Waals surface area contributed by atoms with Crippen LogP contribution in [0.25, 0.3) is 0 Å². The third-order valence-electron chi connectivity index (χ3n) is 5.90. The van der Waals surface area contributed by atoms with Gasteiger partial charge in [-0.15, -0.1) is 0 Å². The average Bonchev–Trinajstić information content (AvgIpc) is 3.72. The fraction of sp³-hybridized carbons (Fsp3) is 0.286. The van der Waals surface area contributed by atoms with E-state index in [1.165, 1.54) is 6.07 Å². The molecule has 1 aliphatic carbocycles. The molecule has 1 heterocycles.